The first-order valence-corrected chi connectivity index (χ1v) is 6.91. The molecule has 1 atom stereocenters. The molecule has 0 saturated heterocycles. The van der Waals surface area contributed by atoms with Gasteiger partial charge in [-0.1, -0.05) is 19.8 Å². The second-order valence-corrected chi connectivity index (χ2v) is 4.96. The minimum Gasteiger partial charge on any atom is -0.481 e. The lowest BCUT2D eigenvalue weighted by Crippen LogP contribution is -2.42. The molecule has 1 amide bonds. The van der Waals surface area contributed by atoms with E-state index in [2.05, 4.69) is 5.32 Å². The standard InChI is InChI=1S/C15H20FNO2/c1-2-14(15(18)17-12-5-3-4-6-12)19-13-9-7-11(16)8-10-13/h7-10,12,14H,2-6H2,1H3,(H,17,18)/t14-/m0/s1. The third-order valence-corrected chi connectivity index (χ3v) is 3.46. The zero-order valence-corrected chi connectivity index (χ0v) is 11.2. The third kappa shape index (κ3) is 3.94. The highest BCUT2D eigenvalue weighted by Gasteiger charge is 2.23. The molecule has 104 valence electrons. The summed E-state index contributed by atoms with van der Waals surface area (Å²) >= 11 is 0. The average Bonchev–Trinajstić information content (AvgIpc) is 2.90. The molecule has 2 rings (SSSR count). The van der Waals surface area contributed by atoms with Crippen molar-refractivity contribution in [1.29, 1.82) is 0 Å². The first-order chi connectivity index (χ1) is 9.19. The summed E-state index contributed by atoms with van der Waals surface area (Å²) < 4.78 is 18.4. The van der Waals surface area contributed by atoms with E-state index in [0.717, 1.165) is 12.8 Å². The molecule has 4 heteroatoms. The second kappa shape index (κ2) is 6.55. The summed E-state index contributed by atoms with van der Waals surface area (Å²) in [5, 5.41) is 3.02. The molecule has 0 aliphatic heterocycles. The molecular weight excluding hydrogens is 245 g/mol. The van der Waals surface area contributed by atoms with Gasteiger partial charge < -0.3 is 10.1 Å². The molecule has 0 spiro atoms. The predicted molar refractivity (Wildman–Crippen MR) is 71.5 cm³/mol. The number of hydrogen-bond acceptors (Lipinski definition) is 2. The molecule has 19 heavy (non-hydrogen) atoms. The fourth-order valence-electron chi connectivity index (χ4n) is 2.36. The molecular formula is C15H20FNO2. The zero-order valence-electron chi connectivity index (χ0n) is 11.2. The Labute approximate surface area is 113 Å². The maximum absolute atomic E-state index is 12.8. The summed E-state index contributed by atoms with van der Waals surface area (Å²) in [6.45, 7) is 1.91. The van der Waals surface area contributed by atoms with Crippen LogP contribution in [0, 0.1) is 5.82 Å². The van der Waals surface area contributed by atoms with Gasteiger partial charge in [0.05, 0.1) is 0 Å². The molecule has 0 bridgehead atoms. The van der Waals surface area contributed by atoms with Crippen molar-refractivity contribution in [2.45, 2.75) is 51.2 Å². The summed E-state index contributed by atoms with van der Waals surface area (Å²) in [6.07, 6.45) is 4.56. The molecule has 1 aromatic rings. The molecule has 1 aliphatic carbocycles. The summed E-state index contributed by atoms with van der Waals surface area (Å²) in [4.78, 5) is 12.1. The smallest absolute Gasteiger partial charge is 0.261 e. The van der Waals surface area contributed by atoms with Crippen LogP contribution in [0.2, 0.25) is 0 Å². The van der Waals surface area contributed by atoms with E-state index in [1.807, 2.05) is 6.92 Å². The molecule has 1 aliphatic rings. The van der Waals surface area contributed by atoms with Crippen molar-refractivity contribution in [3.05, 3.63) is 30.1 Å². The Morgan fingerprint density at radius 3 is 2.58 bits per heavy atom. The van der Waals surface area contributed by atoms with Gasteiger partial charge in [0.25, 0.3) is 5.91 Å². The normalized spacial score (nSPS) is 17.2. The molecule has 1 fully saturated rings. The van der Waals surface area contributed by atoms with E-state index in [4.69, 9.17) is 4.74 Å². The Morgan fingerprint density at radius 1 is 1.37 bits per heavy atom. The predicted octanol–water partition coefficient (Wildman–Crippen LogP) is 3.04. The monoisotopic (exact) mass is 265 g/mol. The van der Waals surface area contributed by atoms with Gasteiger partial charge in [0.15, 0.2) is 6.10 Å². The second-order valence-electron chi connectivity index (χ2n) is 4.96. The van der Waals surface area contributed by atoms with E-state index >= 15 is 0 Å². The van der Waals surface area contributed by atoms with Crippen molar-refractivity contribution in [1.82, 2.24) is 5.32 Å². The molecule has 3 nitrogen and oxygen atoms in total. The molecule has 0 heterocycles. The van der Waals surface area contributed by atoms with E-state index in [-0.39, 0.29) is 11.7 Å². The number of benzene rings is 1. The number of amides is 1. The average molecular weight is 265 g/mol. The van der Waals surface area contributed by atoms with Crippen molar-refractivity contribution < 1.29 is 13.9 Å². The highest BCUT2D eigenvalue weighted by molar-refractivity contribution is 5.81. The summed E-state index contributed by atoms with van der Waals surface area (Å²) in [7, 11) is 0. The number of nitrogens with one attached hydrogen (secondary N) is 1. The van der Waals surface area contributed by atoms with Gasteiger partial charge in [0, 0.05) is 6.04 Å². The van der Waals surface area contributed by atoms with E-state index in [1.165, 1.54) is 25.0 Å². The Morgan fingerprint density at radius 2 is 2.00 bits per heavy atom. The molecule has 1 N–H and O–H groups in total. The minimum absolute atomic E-state index is 0.0706. The highest BCUT2D eigenvalue weighted by atomic mass is 19.1. The SMILES string of the molecule is CC[C@H](Oc1ccc(F)cc1)C(=O)NC1CCCC1. The largest absolute Gasteiger partial charge is 0.481 e. The summed E-state index contributed by atoms with van der Waals surface area (Å²) in [6, 6.07) is 6.04. The Balaban J connectivity index is 1.91. The number of ether oxygens (including phenoxy) is 1. The molecule has 1 aromatic carbocycles. The molecule has 0 unspecified atom stereocenters. The first-order valence-electron chi connectivity index (χ1n) is 6.91. The van der Waals surface area contributed by atoms with Gasteiger partial charge in [-0.2, -0.15) is 0 Å². The Kier molecular flexibility index (Phi) is 4.77. The van der Waals surface area contributed by atoms with E-state index in [9.17, 15) is 9.18 Å². The van der Waals surface area contributed by atoms with Crippen LogP contribution in [0.15, 0.2) is 24.3 Å². The first kappa shape index (κ1) is 13.8. The minimum atomic E-state index is -0.508. The Bertz CT molecular complexity index is 413. The van der Waals surface area contributed by atoms with Crippen LogP contribution >= 0.6 is 0 Å². The van der Waals surface area contributed by atoms with Crippen molar-refractivity contribution in [3.8, 4) is 5.75 Å². The number of carbonyl (C=O) groups excluding carboxylic acids is 1. The van der Waals surface area contributed by atoms with Gasteiger partial charge in [-0.3, -0.25) is 4.79 Å². The quantitative estimate of drug-likeness (QED) is 0.888. The lowest BCUT2D eigenvalue weighted by molar-refractivity contribution is -0.128. The number of hydrogen-bond donors (Lipinski definition) is 1. The van der Waals surface area contributed by atoms with Crippen LogP contribution in [0.5, 0.6) is 5.75 Å². The van der Waals surface area contributed by atoms with Gasteiger partial charge in [-0.05, 0) is 43.5 Å². The number of carbonyl (C=O) groups is 1. The Hall–Kier alpha value is -1.58. The van der Waals surface area contributed by atoms with Crippen molar-refractivity contribution in [2.24, 2.45) is 0 Å². The molecule has 0 radical (unpaired) electrons. The van der Waals surface area contributed by atoms with Crippen LogP contribution in [0.1, 0.15) is 39.0 Å². The lowest BCUT2D eigenvalue weighted by atomic mass is 10.2. The molecule has 1 saturated carbocycles. The van der Waals surface area contributed by atoms with Crippen molar-refractivity contribution in [2.75, 3.05) is 0 Å². The van der Waals surface area contributed by atoms with E-state index in [0.29, 0.717) is 18.2 Å². The van der Waals surface area contributed by atoms with E-state index in [1.54, 1.807) is 12.1 Å². The fourth-order valence-corrected chi connectivity index (χ4v) is 2.36. The van der Waals surface area contributed by atoms with Gasteiger partial charge in [0.1, 0.15) is 11.6 Å². The highest BCUT2D eigenvalue weighted by Crippen LogP contribution is 2.19. The zero-order chi connectivity index (χ0) is 13.7. The number of rotatable bonds is 5. The van der Waals surface area contributed by atoms with Crippen molar-refractivity contribution in [3.63, 3.8) is 0 Å². The fraction of sp³-hybridized carbons (Fsp3) is 0.533. The lowest BCUT2D eigenvalue weighted by Gasteiger charge is -2.20. The topological polar surface area (TPSA) is 38.3 Å². The van der Waals surface area contributed by atoms with E-state index < -0.39 is 6.10 Å². The van der Waals surface area contributed by atoms with Crippen LogP contribution in [-0.4, -0.2) is 18.1 Å². The van der Waals surface area contributed by atoms with Crippen LogP contribution in [-0.2, 0) is 4.79 Å². The maximum Gasteiger partial charge on any atom is 0.261 e. The molecule has 0 aromatic heterocycles. The summed E-state index contributed by atoms with van der Waals surface area (Å²) in [5.74, 6) is 0.143. The van der Waals surface area contributed by atoms with Crippen LogP contribution in [0.25, 0.3) is 0 Å². The van der Waals surface area contributed by atoms with Crippen LogP contribution < -0.4 is 10.1 Å². The maximum atomic E-state index is 12.8. The van der Waals surface area contributed by atoms with Crippen LogP contribution in [0.3, 0.4) is 0 Å². The van der Waals surface area contributed by atoms with Crippen molar-refractivity contribution >= 4 is 5.91 Å². The van der Waals surface area contributed by atoms with Gasteiger partial charge in [0.2, 0.25) is 0 Å². The van der Waals surface area contributed by atoms with Gasteiger partial charge in [-0.25, -0.2) is 4.39 Å². The third-order valence-electron chi connectivity index (χ3n) is 3.46. The summed E-state index contributed by atoms with van der Waals surface area (Å²) in [5.41, 5.74) is 0. The van der Waals surface area contributed by atoms with Gasteiger partial charge >= 0.3 is 0 Å². The van der Waals surface area contributed by atoms with Gasteiger partial charge in [-0.15, -0.1) is 0 Å². The number of halogens is 1. The van der Waals surface area contributed by atoms with Crippen LogP contribution in [0.4, 0.5) is 4.39 Å².